The van der Waals surface area contributed by atoms with Gasteiger partial charge in [-0.05, 0) is 54.7 Å². The molecule has 0 radical (unpaired) electrons. The van der Waals surface area contributed by atoms with E-state index in [2.05, 4.69) is 19.2 Å². The van der Waals surface area contributed by atoms with Gasteiger partial charge in [0.15, 0.2) is 0 Å². The first-order valence-corrected chi connectivity index (χ1v) is 10.8. The first-order chi connectivity index (χ1) is 13.3. The van der Waals surface area contributed by atoms with Gasteiger partial charge >= 0.3 is 0 Å². The summed E-state index contributed by atoms with van der Waals surface area (Å²) in [6.45, 7) is 5.21. The summed E-state index contributed by atoms with van der Waals surface area (Å²) in [5.74, 6) is 0.908. The van der Waals surface area contributed by atoms with Crippen LogP contribution in [0.3, 0.4) is 0 Å². The van der Waals surface area contributed by atoms with Gasteiger partial charge in [0.25, 0.3) is 5.91 Å². The van der Waals surface area contributed by atoms with E-state index in [0.717, 1.165) is 6.42 Å². The fourth-order valence-electron chi connectivity index (χ4n) is 3.67. The maximum atomic E-state index is 12.9. The second kappa shape index (κ2) is 8.32. The highest BCUT2D eigenvalue weighted by molar-refractivity contribution is 7.89. The lowest BCUT2D eigenvalue weighted by atomic mass is 9.94. The number of para-hydroxylation sites is 2. The fraction of sp³-hybridized carbons (Fsp3) is 0.381. The summed E-state index contributed by atoms with van der Waals surface area (Å²) in [5, 5.41) is 2.79. The van der Waals surface area contributed by atoms with Gasteiger partial charge in [-0.2, -0.15) is 4.31 Å². The van der Waals surface area contributed by atoms with Crippen molar-refractivity contribution in [1.82, 2.24) is 4.31 Å². The molecular formula is C21H26N2O4S. The van der Waals surface area contributed by atoms with E-state index in [1.165, 1.54) is 31.4 Å². The topological polar surface area (TPSA) is 75.7 Å². The number of rotatable bonds is 5. The van der Waals surface area contributed by atoms with Gasteiger partial charge < -0.3 is 10.1 Å². The van der Waals surface area contributed by atoms with Crippen LogP contribution in [-0.2, 0) is 10.0 Å². The van der Waals surface area contributed by atoms with Crippen LogP contribution in [0, 0.1) is 11.8 Å². The van der Waals surface area contributed by atoms with Gasteiger partial charge in [0.05, 0.1) is 17.7 Å². The largest absolute Gasteiger partial charge is 0.495 e. The molecule has 0 unspecified atom stereocenters. The van der Waals surface area contributed by atoms with Crippen molar-refractivity contribution in [3.8, 4) is 5.75 Å². The van der Waals surface area contributed by atoms with Crippen molar-refractivity contribution in [1.29, 1.82) is 0 Å². The highest BCUT2D eigenvalue weighted by atomic mass is 32.2. The molecule has 0 bridgehead atoms. The van der Waals surface area contributed by atoms with Gasteiger partial charge in [-0.25, -0.2) is 8.42 Å². The van der Waals surface area contributed by atoms with Crippen molar-refractivity contribution < 1.29 is 17.9 Å². The molecule has 2 aromatic carbocycles. The molecule has 3 rings (SSSR count). The molecule has 0 aromatic heterocycles. The Labute approximate surface area is 166 Å². The Morgan fingerprint density at radius 1 is 1.04 bits per heavy atom. The van der Waals surface area contributed by atoms with E-state index in [1.807, 2.05) is 6.07 Å². The van der Waals surface area contributed by atoms with Crippen molar-refractivity contribution in [2.24, 2.45) is 11.8 Å². The second-order valence-corrected chi connectivity index (χ2v) is 9.38. The van der Waals surface area contributed by atoms with Gasteiger partial charge in [0.1, 0.15) is 5.75 Å². The molecule has 1 fully saturated rings. The first-order valence-electron chi connectivity index (χ1n) is 9.36. The third-order valence-corrected chi connectivity index (χ3v) is 6.79. The molecule has 150 valence electrons. The predicted octanol–water partition coefficient (Wildman–Crippen LogP) is 3.61. The quantitative estimate of drug-likeness (QED) is 0.829. The van der Waals surface area contributed by atoms with Crippen molar-refractivity contribution in [2.45, 2.75) is 25.2 Å². The average molecular weight is 403 g/mol. The van der Waals surface area contributed by atoms with Gasteiger partial charge in [0.2, 0.25) is 10.0 Å². The second-order valence-electron chi connectivity index (χ2n) is 7.45. The Kier molecular flexibility index (Phi) is 6.05. The number of ether oxygens (including phenoxy) is 1. The average Bonchev–Trinajstić information content (AvgIpc) is 2.67. The summed E-state index contributed by atoms with van der Waals surface area (Å²) >= 11 is 0. The third kappa shape index (κ3) is 4.36. The van der Waals surface area contributed by atoms with E-state index in [4.69, 9.17) is 4.74 Å². The lowest BCUT2D eigenvalue weighted by molar-refractivity contribution is 0.102. The van der Waals surface area contributed by atoms with Gasteiger partial charge in [-0.1, -0.05) is 26.0 Å². The molecule has 1 N–H and O–H groups in total. The number of hydrogen-bond donors (Lipinski definition) is 1. The molecule has 0 spiro atoms. The SMILES string of the molecule is COc1ccccc1NC(=O)c1ccc(S(=O)(=O)N2C[C@H](C)C[C@@H](C)C2)cc1. The Morgan fingerprint density at radius 3 is 2.25 bits per heavy atom. The van der Waals surface area contributed by atoms with Crippen LogP contribution in [0.5, 0.6) is 5.75 Å². The maximum absolute atomic E-state index is 12.9. The number of carbonyl (C=O) groups excluding carboxylic acids is 1. The lowest BCUT2D eigenvalue weighted by Gasteiger charge is -2.34. The number of sulfonamides is 1. The summed E-state index contributed by atoms with van der Waals surface area (Å²) in [4.78, 5) is 12.7. The van der Waals surface area contributed by atoms with E-state index in [0.29, 0.717) is 41.9 Å². The molecule has 1 amide bonds. The maximum Gasteiger partial charge on any atom is 0.255 e. The summed E-state index contributed by atoms with van der Waals surface area (Å²) in [7, 11) is -2.02. The highest BCUT2D eigenvalue weighted by Crippen LogP contribution is 2.27. The molecule has 1 heterocycles. The molecule has 6 nitrogen and oxygen atoms in total. The summed E-state index contributed by atoms with van der Waals surface area (Å²) in [5.41, 5.74) is 0.938. The number of nitrogens with zero attached hydrogens (tertiary/aromatic N) is 1. The zero-order valence-electron chi connectivity index (χ0n) is 16.4. The molecule has 1 aliphatic rings. The number of carbonyl (C=O) groups is 1. The summed E-state index contributed by atoms with van der Waals surface area (Å²) in [6.07, 6.45) is 1.04. The van der Waals surface area contributed by atoms with Crippen molar-refractivity contribution >= 4 is 21.6 Å². The van der Waals surface area contributed by atoms with Gasteiger partial charge in [-0.15, -0.1) is 0 Å². The zero-order chi connectivity index (χ0) is 20.3. The minimum Gasteiger partial charge on any atom is -0.495 e. The Bertz CT molecular complexity index is 931. The summed E-state index contributed by atoms with van der Waals surface area (Å²) < 4.78 is 32.7. The van der Waals surface area contributed by atoms with Crippen LogP contribution in [-0.4, -0.2) is 38.8 Å². The molecule has 0 aliphatic carbocycles. The molecule has 7 heteroatoms. The van der Waals surface area contributed by atoms with Crippen LogP contribution < -0.4 is 10.1 Å². The number of anilines is 1. The van der Waals surface area contributed by atoms with E-state index in [-0.39, 0.29) is 10.8 Å². The predicted molar refractivity (Wildman–Crippen MR) is 109 cm³/mol. The lowest BCUT2D eigenvalue weighted by Crippen LogP contribution is -2.42. The standard InChI is InChI=1S/C21H26N2O4S/c1-15-12-16(2)14-23(13-15)28(25,26)18-10-8-17(9-11-18)21(24)22-19-6-4-5-7-20(19)27-3/h4-11,15-16H,12-14H2,1-3H3,(H,22,24)/t15-,16-/m1/s1. The van der Waals surface area contributed by atoms with E-state index in [9.17, 15) is 13.2 Å². The Morgan fingerprint density at radius 2 is 1.64 bits per heavy atom. The molecule has 2 aromatic rings. The van der Waals surface area contributed by atoms with Crippen LogP contribution in [0.25, 0.3) is 0 Å². The smallest absolute Gasteiger partial charge is 0.255 e. The number of piperidine rings is 1. The van der Waals surface area contributed by atoms with Crippen LogP contribution in [0.1, 0.15) is 30.6 Å². The number of nitrogens with one attached hydrogen (secondary N) is 1. The minimum atomic E-state index is -3.56. The van der Waals surface area contributed by atoms with E-state index >= 15 is 0 Å². The molecule has 2 atom stereocenters. The number of amides is 1. The van der Waals surface area contributed by atoms with Gasteiger partial charge in [0, 0.05) is 18.7 Å². The van der Waals surface area contributed by atoms with Crippen LogP contribution in [0.15, 0.2) is 53.4 Å². The number of methoxy groups -OCH3 is 1. The summed E-state index contributed by atoms with van der Waals surface area (Å²) in [6, 6.07) is 13.2. The van der Waals surface area contributed by atoms with E-state index < -0.39 is 10.0 Å². The van der Waals surface area contributed by atoms with Gasteiger partial charge in [-0.3, -0.25) is 4.79 Å². The van der Waals surface area contributed by atoms with Crippen molar-refractivity contribution in [3.05, 3.63) is 54.1 Å². The Balaban J connectivity index is 1.76. The molecule has 28 heavy (non-hydrogen) atoms. The normalized spacial score (nSPS) is 20.5. The molecular weight excluding hydrogens is 376 g/mol. The van der Waals surface area contributed by atoms with Crippen molar-refractivity contribution in [3.63, 3.8) is 0 Å². The third-order valence-electron chi connectivity index (χ3n) is 4.94. The van der Waals surface area contributed by atoms with E-state index in [1.54, 1.807) is 22.5 Å². The molecule has 1 saturated heterocycles. The number of hydrogen-bond acceptors (Lipinski definition) is 4. The van der Waals surface area contributed by atoms with Crippen molar-refractivity contribution in [2.75, 3.05) is 25.5 Å². The number of benzene rings is 2. The molecule has 0 saturated carbocycles. The van der Waals surface area contributed by atoms with Crippen LogP contribution in [0.2, 0.25) is 0 Å². The highest BCUT2D eigenvalue weighted by Gasteiger charge is 2.31. The minimum absolute atomic E-state index is 0.211. The first kappa shape index (κ1) is 20.4. The Hall–Kier alpha value is -2.38. The fourth-order valence-corrected chi connectivity index (χ4v) is 5.35. The van der Waals surface area contributed by atoms with Crippen LogP contribution >= 0.6 is 0 Å². The molecule has 1 aliphatic heterocycles. The zero-order valence-corrected chi connectivity index (χ0v) is 17.2. The van der Waals surface area contributed by atoms with Crippen LogP contribution in [0.4, 0.5) is 5.69 Å². The monoisotopic (exact) mass is 402 g/mol.